The van der Waals surface area contributed by atoms with Crippen molar-refractivity contribution in [1.29, 1.82) is 0 Å². The molecule has 52 heavy (non-hydrogen) atoms. The van der Waals surface area contributed by atoms with Crippen molar-refractivity contribution in [2.24, 2.45) is 59.2 Å². The van der Waals surface area contributed by atoms with E-state index in [2.05, 4.69) is 56.3 Å². The molecule has 8 fully saturated rings. The number of pyridine rings is 1. The summed E-state index contributed by atoms with van der Waals surface area (Å²) in [6.07, 6.45) is 17.6. The molecule has 0 aliphatic heterocycles. The zero-order valence-corrected chi connectivity index (χ0v) is 35.0. The Morgan fingerprint density at radius 2 is 1.29 bits per heavy atom. The van der Waals surface area contributed by atoms with Gasteiger partial charge in [-0.25, -0.2) is 0 Å². The van der Waals surface area contributed by atoms with Gasteiger partial charge < -0.3 is 5.11 Å². The number of carbonyl (C=O) groups excluding carboxylic acids is 1. The number of nitrogens with zero attached hydrogens (tertiary/aromatic N) is 1. The van der Waals surface area contributed by atoms with E-state index >= 15 is 0 Å². The van der Waals surface area contributed by atoms with Gasteiger partial charge in [0.25, 0.3) is 0 Å². The molecule has 8 aliphatic carbocycles. The number of hydrogen-bond acceptors (Lipinski definition) is 3. The van der Waals surface area contributed by atoms with Crippen LogP contribution in [0.3, 0.4) is 0 Å². The van der Waals surface area contributed by atoms with Gasteiger partial charge >= 0.3 is 0 Å². The Balaban J connectivity index is 0.000000261. The quantitative estimate of drug-likeness (QED) is 0.139. The number of fused-ring (bicyclic) bond motifs is 1. The SMILES string of the molecule is CC(C)CC(=O)/C=C(\O)CC(C)C.Cc1[c-]c(-c2ccc3c(C4C5CC6CC(C5)CC4C6)c(C4C5CC6CC(C5)CC4C6)ccc3n2)cc(C)c1.[Ir]. The number of aliphatic hydroxyl groups excluding tert-OH is 1. The Labute approximate surface area is 327 Å². The molecule has 0 amide bonds. The molecule has 0 atom stereocenters. The van der Waals surface area contributed by atoms with Crippen molar-refractivity contribution in [2.45, 2.75) is 130 Å². The molecule has 1 N–H and O–H groups in total. The van der Waals surface area contributed by atoms with Crippen LogP contribution in [0.5, 0.6) is 0 Å². The molecule has 281 valence electrons. The number of aliphatic hydroxyl groups is 1. The van der Waals surface area contributed by atoms with Crippen molar-refractivity contribution in [2.75, 3.05) is 0 Å². The first-order chi connectivity index (χ1) is 24.5. The molecule has 0 spiro atoms. The normalized spacial score (nSPS) is 32.7. The number of hydrogen-bond donors (Lipinski definition) is 1. The van der Waals surface area contributed by atoms with Crippen LogP contribution in [-0.2, 0) is 24.9 Å². The third-order valence-electron chi connectivity index (χ3n) is 14.1. The zero-order chi connectivity index (χ0) is 35.6. The van der Waals surface area contributed by atoms with E-state index in [0.29, 0.717) is 24.7 Å². The predicted molar refractivity (Wildman–Crippen MR) is 210 cm³/mol. The molecule has 4 heteroatoms. The maximum absolute atomic E-state index is 11.2. The van der Waals surface area contributed by atoms with Gasteiger partial charge in [-0.3, -0.25) is 9.78 Å². The van der Waals surface area contributed by atoms with Crippen molar-refractivity contribution in [3.05, 3.63) is 76.6 Å². The fourth-order valence-corrected chi connectivity index (χ4v) is 13.0. The first kappa shape index (κ1) is 38.0. The van der Waals surface area contributed by atoms with Crippen LogP contribution in [0.15, 0.2) is 48.2 Å². The summed E-state index contributed by atoms with van der Waals surface area (Å²) in [5, 5.41) is 10.8. The topological polar surface area (TPSA) is 50.2 Å². The van der Waals surface area contributed by atoms with Crippen LogP contribution in [0.1, 0.15) is 139 Å². The second kappa shape index (κ2) is 15.5. The summed E-state index contributed by atoms with van der Waals surface area (Å²) in [4.78, 5) is 16.6. The third-order valence-corrected chi connectivity index (χ3v) is 14.1. The molecule has 3 nitrogen and oxygen atoms in total. The van der Waals surface area contributed by atoms with Gasteiger partial charge in [0.1, 0.15) is 0 Å². The second-order valence-corrected chi connectivity index (χ2v) is 19.3. The number of rotatable bonds is 8. The van der Waals surface area contributed by atoms with E-state index in [1.807, 2.05) is 27.7 Å². The minimum atomic E-state index is 0. The van der Waals surface area contributed by atoms with Gasteiger partial charge in [-0.05, 0) is 158 Å². The van der Waals surface area contributed by atoms with Gasteiger partial charge in [0.2, 0.25) is 0 Å². The second-order valence-electron chi connectivity index (χ2n) is 19.3. The van der Waals surface area contributed by atoms with E-state index in [1.54, 1.807) is 17.5 Å². The molecule has 0 unspecified atom stereocenters. The number of aromatic nitrogens is 1. The Morgan fingerprint density at radius 3 is 1.81 bits per heavy atom. The molecule has 8 saturated carbocycles. The Morgan fingerprint density at radius 1 is 0.750 bits per heavy atom. The van der Waals surface area contributed by atoms with Gasteiger partial charge in [0.15, 0.2) is 5.78 Å². The zero-order valence-electron chi connectivity index (χ0n) is 32.6. The maximum Gasteiger partial charge on any atom is 0.159 e. The van der Waals surface area contributed by atoms with Crippen LogP contribution in [-0.4, -0.2) is 15.9 Å². The van der Waals surface area contributed by atoms with Crippen LogP contribution < -0.4 is 0 Å². The average Bonchev–Trinajstić information content (AvgIpc) is 3.03. The molecule has 1 aromatic heterocycles. The molecule has 1 heterocycles. The summed E-state index contributed by atoms with van der Waals surface area (Å²) < 4.78 is 0. The average molecular weight is 877 g/mol. The summed E-state index contributed by atoms with van der Waals surface area (Å²) in [6, 6.07) is 17.9. The van der Waals surface area contributed by atoms with E-state index in [-0.39, 0.29) is 31.6 Å². The number of ketones is 1. The number of carbonyl (C=O) groups is 1. The summed E-state index contributed by atoms with van der Waals surface area (Å²) in [5.41, 5.74) is 9.53. The van der Waals surface area contributed by atoms with Crippen molar-refractivity contribution >= 4 is 16.7 Å². The van der Waals surface area contributed by atoms with Gasteiger partial charge in [0, 0.05) is 44.4 Å². The first-order valence-corrected chi connectivity index (χ1v) is 20.8. The molecule has 1 radical (unpaired) electrons. The Bertz CT molecular complexity index is 1730. The predicted octanol–water partition coefficient (Wildman–Crippen LogP) is 12.5. The van der Waals surface area contributed by atoms with Crippen LogP contribution in [0.2, 0.25) is 0 Å². The van der Waals surface area contributed by atoms with E-state index in [9.17, 15) is 9.90 Å². The Hall–Kier alpha value is -2.29. The molecular weight excluding hydrogens is 815 g/mol. The number of allylic oxidation sites excluding steroid dienone is 2. The van der Waals surface area contributed by atoms with Crippen LogP contribution >= 0.6 is 0 Å². The molecular formula is C48H62IrNO2-. The summed E-state index contributed by atoms with van der Waals surface area (Å²) >= 11 is 0. The molecule has 8 bridgehead atoms. The van der Waals surface area contributed by atoms with Gasteiger partial charge in [0.05, 0.1) is 11.3 Å². The first-order valence-electron chi connectivity index (χ1n) is 20.8. The van der Waals surface area contributed by atoms with E-state index in [1.165, 1.54) is 85.9 Å². The summed E-state index contributed by atoms with van der Waals surface area (Å²) in [7, 11) is 0. The minimum Gasteiger partial charge on any atom is -0.512 e. The van der Waals surface area contributed by atoms with Crippen molar-refractivity contribution in [3.8, 4) is 11.3 Å². The fraction of sp³-hybridized carbons (Fsp3) is 0.625. The van der Waals surface area contributed by atoms with E-state index < -0.39 is 0 Å². The number of aryl methyl sites for hydroxylation is 2. The van der Waals surface area contributed by atoms with Crippen LogP contribution in [0.4, 0.5) is 0 Å². The smallest absolute Gasteiger partial charge is 0.159 e. The standard InChI is InChI=1S/C37H42N.C11H20O2.Ir/c1-20-7-21(2)9-26(8-20)33-5-3-31-34(38-33)6-4-32(35-27-12-22-10-23(14-27)15-28(35)13-22)37(31)36-29-16-24-11-25(18-29)19-30(36)17-24;1-8(2)5-10(12)7-11(13)6-9(3)4;/h3-8,22-25,27-30,35-36H,10-19H2,1-2H3;7-9,12H,5-6H2,1-4H3;/q-1;;/b;10-7-;. The van der Waals surface area contributed by atoms with Crippen molar-refractivity contribution < 1.29 is 30.0 Å². The van der Waals surface area contributed by atoms with Crippen molar-refractivity contribution in [1.82, 2.24) is 4.98 Å². The van der Waals surface area contributed by atoms with Gasteiger partial charge in [-0.15, -0.1) is 34.9 Å². The summed E-state index contributed by atoms with van der Waals surface area (Å²) in [5.74, 6) is 10.4. The molecule has 8 aliphatic rings. The van der Waals surface area contributed by atoms with Gasteiger partial charge in [-0.1, -0.05) is 59.7 Å². The third kappa shape index (κ3) is 7.77. The van der Waals surface area contributed by atoms with E-state index in [4.69, 9.17) is 4.98 Å². The van der Waals surface area contributed by atoms with E-state index in [0.717, 1.165) is 70.4 Å². The van der Waals surface area contributed by atoms with Gasteiger partial charge in [-0.2, -0.15) is 0 Å². The maximum atomic E-state index is 11.2. The molecule has 2 aromatic carbocycles. The summed E-state index contributed by atoms with van der Waals surface area (Å²) in [6.45, 7) is 12.3. The molecule has 0 saturated heterocycles. The Kier molecular flexibility index (Phi) is 11.3. The minimum absolute atomic E-state index is 0. The van der Waals surface area contributed by atoms with Crippen LogP contribution in [0, 0.1) is 79.1 Å². The largest absolute Gasteiger partial charge is 0.512 e. The molecule has 3 aromatic rings. The molecule has 11 rings (SSSR count). The monoisotopic (exact) mass is 877 g/mol. The number of benzene rings is 2. The fourth-order valence-electron chi connectivity index (χ4n) is 13.0. The van der Waals surface area contributed by atoms with Crippen molar-refractivity contribution in [3.63, 3.8) is 0 Å². The van der Waals surface area contributed by atoms with Crippen LogP contribution in [0.25, 0.3) is 22.2 Å².